The first-order valence-electron chi connectivity index (χ1n) is 7.54. The number of hydrogen-bond donors (Lipinski definition) is 2. The molecule has 1 atom stereocenters. The number of rotatable bonds is 5. The van der Waals surface area contributed by atoms with E-state index in [9.17, 15) is 5.11 Å². The van der Waals surface area contributed by atoms with Gasteiger partial charge in [0.25, 0.3) is 0 Å². The molecule has 1 aliphatic heterocycles. The van der Waals surface area contributed by atoms with Gasteiger partial charge in [0.15, 0.2) is 3.95 Å². The number of aliphatic hydroxyl groups is 1. The standard InChI is InChI=1S/C15H20N4O2S2/c1-21-13-7-3-2-6-12(13)16-14-17-19(15(22)23-14)10-18-8-4-5-11(20)9-18/h2-3,6-7,11,20H,4-5,8-10H2,1H3,(H,16,17)/t11-/m0/s1. The van der Waals surface area contributed by atoms with E-state index in [0.717, 1.165) is 36.0 Å². The molecule has 6 nitrogen and oxygen atoms in total. The van der Waals surface area contributed by atoms with Crippen LogP contribution in [0.1, 0.15) is 12.8 Å². The summed E-state index contributed by atoms with van der Waals surface area (Å²) in [7, 11) is 1.64. The molecule has 1 aromatic carbocycles. The molecule has 1 aliphatic rings. The molecular formula is C15H20N4O2S2. The van der Waals surface area contributed by atoms with Gasteiger partial charge in [0.1, 0.15) is 5.75 Å². The molecule has 0 aliphatic carbocycles. The second-order valence-electron chi connectivity index (χ2n) is 5.51. The van der Waals surface area contributed by atoms with Crippen LogP contribution >= 0.6 is 23.6 Å². The van der Waals surface area contributed by atoms with Crippen molar-refractivity contribution in [1.29, 1.82) is 0 Å². The summed E-state index contributed by atoms with van der Waals surface area (Å²) in [5.41, 5.74) is 0.860. The number of benzene rings is 1. The fraction of sp³-hybridized carbons (Fsp3) is 0.467. The number of piperidine rings is 1. The van der Waals surface area contributed by atoms with E-state index in [4.69, 9.17) is 17.0 Å². The molecule has 0 amide bonds. The largest absolute Gasteiger partial charge is 0.495 e. The van der Waals surface area contributed by atoms with E-state index in [1.54, 1.807) is 11.8 Å². The van der Waals surface area contributed by atoms with E-state index in [1.807, 2.05) is 24.3 Å². The molecule has 0 spiro atoms. The van der Waals surface area contributed by atoms with Crippen LogP contribution in [0, 0.1) is 3.95 Å². The predicted octanol–water partition coefficient (Wildman–Crippen LogP) is 2.84. The van der Waals surface area contributed by atoms with Gasteiger partial charge >= 0.3 is 0 Å². The Bertz CT molecular complexity index is 715. The Morgan fingerprint density at radius 2 is 2.30 bits per heavy atom. The normalized spacial score (nSPS) is 18.8. The van der Waals surface area contributed by atoms with Crippen molar-refractivity contribution >= 4 is 34.4 Å². The van der Waals surface area contributed by atoms with Crippen LogP contribution < -0.4 is 10.1 Å². The highest BCUT2D eigenvalue weighted by atomic mass is 32.1. The van der Waals surface area contributed by atoms with Crippen molar-refractivity contribution in [3.8, 4) is 5.75 Å². The van der Waals surface area contributed by atoms with Gasteiger partial charge in [-0.2, -0.15) is 0 Å². The van der Waals surface area contributed by atoms with E-state index in [2.05, 4.69) is 15.3 Å². The molecule has 2 aromatic rings. The number of β-amino-alcohol motifs (C(OH)–C–C–N with tert-alkyl or cyclic N) is 1. The second-order valence-corrected chi connectivity index (χ2v) is 7.14. The molecule has 3 rings (SSSR count). The number of aliphatic hydroxyl groups excluding tert-OH is 1. The predicted molar refractivity (Wildman–Crippen MR) is 94.0 cm³/mol. The molecule has 0 radical (unpaired) electrons. The van der Waals surface area contributed by atoms with E-state index < -0.39 is 0 Å². The smallest absolute Gasteiger partial charge is 0.209 e. The third kappa shape index (κ3) is 4.08. The zero-order chi connectivity index (χ0) is 16.2. The molecular weight excluding hydrogens is 332 g/mol. The molecule has 1 fully saturated rings. The number of anilines is 2. The van der Waals surface area contributed by atoms with Crippen molar-refractivity contribution in [2.45, 2.75) is 25.6 Å². The average molecular weight is 352 g/mol. The van der Waals surface area contributed by atoms with Gasteiger partial charge in [-0.1, -0.05) is 23.5 Å². The average Bonchev–Trinajstić information content (AvgIpc) is 2.87. The summed E-state index contributed by atoms with van der Waals surface area (Å²) in [5.74, 6) is 0.763. The number of ether oxygens (including phenoxy) is 1. The van der Waals surface area contributed by atoms with Crippen molar-refractivity contribution in [3.63, 3.8) is 0 Å². The highest BCUT2D eigenvalue weighted by Crippen LogP contribution is 2.28. The Morgan fingerprint density at radius 1 is 1.48 bits per heavy atom. The Kier molecular flexibility index (Phi) is 5.27. The molecule has 1 aromatic heterocycles. The van der Waals surface area contributed by atoms with Crippen LogP contribution in [-0.2, 0) is 6.67 Å². The Hall–Kier alpha value is -1.48. The summed E-state index contributed by atoms with van der Waals surface area (Å²) in [5, 5.41) is 18.3. The van der Waals surface area contributed by atoms with Crippen LogP contribution in [0.3, 0.4) is 0 Å². The van der Waals surface area contributed by atoms with Crippen LogP contribution in [0.25, 0.3) is 0 Å². The summed E-state index contributed by atoms with van der Waals surface area (Å²) in [6.45, 7) is 2.25. The van der Waals surface area contributed by atoms with Crippen molar-refractivity contribution in [3.05, 3.63) is 28.2 Å². The summed E-state index contributed by atoms with van der Waals surface area (Å²) < 4.78 is 7.85. The van der Waals surface area contributed by atoms with Gasteiger partial charge in [-0.3, -0.25) is 4.90 Å². The lowest BCUT2D eigenvalue weighted by atomic mass is 10.1. The SMILES string of the molecule is COc1ccccc1Nc1nn(CN2CCC[C@H](O)C2)c(=S)s1. The summed E-state index contributed by atoms with van der Waals surface area (Å²) >= 11 is 6.84. The van der Waals surface area contributed by atoms with Crippen LogP contribution in [0.5, 0.6) is 5.75 Å². The lowest BCUT2D eigenvalue weighted by Crippen LogP contribution is -2.39. The van der Waals surface area contributed by atoms with E-state index in [0.29, 0.717) is 17.2 Å². The minimum absolute atomic E-state index is 0.247. The van der Waals surface area contributed by atoms with Crippen molar-refractivity contribution < 1.29 is 9.84 Å². The number of nitrogens with zero attached hydrogens (tertiary/aromatic N) is 3. The summed E-state index contributed by atoms with van der Waals surface area (Å²) in [6, 6.07) is 7.70. The van der Waals surface area contributed by atoms with Crippen LogP contribution in [-0.4, -0.2) is 46.1 Å². The lowest BCUT2D eigenvalue weighted by molar-refractivity contribution is 0.0516. The zero-order valence-corrected chi connectivity index (χ0v) is 14.6. The van der Waals surface area contributed by atoms with Gasteiger partial charge in [0.05, 0.1) is 25.6 Å². The highest BCUT2D eigenvalue weighted by molar-refractivity contribution is 7.73. The van der Waals surface area contributed by atoms with Gasteiger partial charge in [-0.05, 0) is 37.2 Å². The van der Waals surface area contributed by atoms with Crippen molar-refractivity contribution in [1.82, 2.24) is 14.7 Å². The third-order valence-electron chi connectivity index (χ3n) is 3.77. The number of nitrogens with one attached hydrogen (secondary N) is 1. The topological polar surface area (TPSA) is 62.5 Å². The van der Waals surface area contributed by atoms with Gasteiger partial charge in [0.2, 0.25) is 5.13 Å². The van der Waals surface area contributed by atoms with Crippen LogP contribution in [0.15, 0.2) is 24.3 Å². The first kappa shape index (κ1) is 16.4. The lowest BCUT2D eigenvalue weighted by Gasteiger charge is -2.29. The molecule has 1 saturated heterocycles. The maximum absolute atomic E-state index is 9.76. The fourth-order valence-corrected chi connectivity index (χ4v) is 3.66. The van der Waals surface area contributed by atoms with Crippen LogP contribution in [0.4, 0.5) is 10.8 Å². The van der Waals surface area contributed by atoms with Gasteiger partial charge < -0.3 is 15.2 Å². The molecule has 0 bridgehead atoms. The molecule has 8 heteroatoms. The maximum Gasteiger partial charge on any atom is 0.209 e. The Labute approximate surface area is 144 Å². The maximum atomic E-state index is 9.76. The molecule has 23 heavy (non-hydrogen) atoms. The van der Waals surface area contributed by atoms with Crippen LogP contribution in [0.2, 0.25) is 0 Å². The molecule has 124 valence electrons. The van der Waals surface area contributed by atoms with E-state index in [-0.39, 0.29) is 6.10 Å². The first-order chi connectivity index (χ1) is 11.2. The summed E-state index contributed by atoms with van der Waals surface area (Å²) in [6.07, 6.45) is 1.63. The number of aromatic nitrogens is 2. The number of likely N-dealkylation sites (tertiary alicyclic amines) is 1. The third-order valence-corrected chi connectivity index (χ3v) is 4.99. The number of methoxy groups -OCH3 is 1. The quantitative estimate of drug-likeness (QED) is 0.807. The van der Waals surface area contributed by atoms with E-state index >= 15 is 0 Å². The monoisotopic (exact) mass is 352 g/mol. The van der Waals surface area contributed by atoms with E-state index in [1.165, 1.54) is 11.3 Å². The number of hydrogen-bond acceptors (Lipinski definition) is 7. The molecule has 2 N–H and O–H groups in total. The molecule has 0 saturated carbocycles. The minimum Gasteiger partial charge on any atom is -0.495 e. The highest BCUT2D eigenvalue weighted by Gasteiger charge is 2.18. The molecule has 2 heterocycles. The Balaban J connectivity index is 1.72. The Morgan fingerprint density at radius 3 is 3.09 bits per heavy atom. The van der Waals surface area contributed by atoms with Gasteiger partial charge in [0, 0.05) is 13.1 Å². The van der Waals surface area contributed by atoms with Crippen molar-refractivity contribution in [2.24, 2.45) is 0 Å². The van der Waals surface area contributed by atoms with Crippen molar-refractivity contribution in [2.75, 3.05) is 25.5 Å². The minimum atomic E-state index is -0.247. The number of para-hydroxylation sites is 2. The van der Waals surface area contributed by atoms with Gasteiger partial charge in [-0.15, -0.1) is 5.10 Å². The molecule has 0 unspecified atom stereocenters. The van der Waals surface area contributed by atoms with Gasteiger partial charge in [-0.25, -0.2) is 4.68 Å². The fourth-order valence-electron chi connectivity index (χ4n) is 2.66. The zero-order valence-electron chi connectivity index (χ0n) is 12.9. The summed E-state index contributed by atoms with van der Waals surface area (Å²) in [4.78, 5) is 2.18. The second kappa shape index (κ2) is 7.39. The first-order valence-corrected chi connectivity index (χ1v) is 8.76.